The first-order valence-corrected chi connectivity index (χ1v) is 8.95. The van der Waals surface area contributed by atoms with Crippen molar-refractivity contribution in [3.8, 4) is 5.75 Å². The summed E-state index contributed by atoms with van der Waals surface area (Å²) in [6, 6.07) is 1.52. The van der Waals surface area contributed by atoms with E-state index in [0.717, 1.165) is 31.6 Å². The van der Waals surface area contributed by atoms with Gasteiger partial charge in [0.15, 0.2) is 5.75 Å². The molecule has 0 aliphatic carbocycles. The van der Waals surface area contributed by atoms with Crippen molar-refractivity contribution < 1.29 is 19.1 Å². The van der Waals surface area contributed by atoms with Crippen LogP contribution in [0.4, 0.5) is 0 Å². The molecule has 0 atom stereocenters. The molecule has 1 aliphatic heterocycles. The van der Waals surface area contributed by atoms with Crippen LogP contribution in [0.15, 0.2) is 17.1 Å². The predicted octanol–water partition coefficient (Wildman–Crippen LogP) is 0.522. The van der Waals surface area contributed by atoms with E-state index in [-0.39, 0.29) is 36.8 Å². The second-order valence-electron chi connectivity index (χ2n) is 6.24. The summed E-state index contributed by atoms with van der Waals surface area (Å²) in [6.45, 7) is 4.37. The number of likely N-dealkylation sites (tertiary alicyclic amines) is 1. The lowest BCUT2D eigenvalue weighted by atomic mass is 10.1. The number of ether oxygens (including phenoxy) is 2. The molecule has 8 heteroatoms. The number of methoxy groups -OCH3 is 1. The van der Waals surface area contributed by atoms with E-state index in [9.17, 15) is 14.4 Å². The lowest BCUT2D eigenvalue weighted by molar-refractivity contribution is -0.143. The molecule has 26 heavy (non-hydrogen) atoms. The van der Waals surface area contributed by atoms with E-state index in [1.54, 1.807) is 17.7 Å². The third kappa shape index (κ3) is 5.87. The van der Waals surface area contributed by atoms with Gasteiger partial charge >= 0.3 is 5.97 Å². The highest BCUT2D eigenvalue weighted by Crippen LogP contribution is 2.14. The SMILES string of the molecule is CCOC(=O)CNC(=O)Cn1cc(OC)c(=O)cc1CN1CCCCC1. The zero-order valence-corrected chi connectivity index (χ0v) is 15.5. The molecule has 0 bridgehead atoms. The molecule has 1 saturated heterocycles. The van der Waals surface area contributed by atoms with Gasteiger partial charge in [-0.3, -0.25) is 19.3 Å². The van der Waals surface area contributed by atoms with Crippen molar-refractivity contribution in [2.45, 2.75) is 39.3 Å². The van der Waals surface area contributed by atoms with Crippen LogP contribution in [0.1, 0.15) is 31.9 Å². The number of nitrogens with one attached hydrogen (secondary N) is 1. The first-order chi connectivity index (χ1) is 12.5. The fourth-order valence-corrected chi connectivity index (χ4v) is 2.97. The Kier molecular flexibility index (Phi) is 7.65. The Morgan fingerprint density at radius 3 is 2.62 bits per heavy atom. The third-order valence-electron chi connectivity index (χ3n) is 4.29. The van der Waals surface area contributed by atoms with Crippen molar-refractivity contribution in [2.75, 3.05) is 33.4 Å². The van der Waals surface area contributed by atoms with E-state index in [2.05, 4.69) is 10.2 Å². The highest BCUT2D eigenvalue weighted by Gasteiger charge is 2.16. The maximum atomic E-state index is 12.2. The topological polar surface area (TPSA) is 89.9 Å². The molecule has 1 aromatic heterocycles. The highest BCUT2D eigenvalue weighted by atomic mass is 16.5. The second-order valence-corrected chi connectivity index (χ2v) is 6.24. The summed E-state index contributed by atoms with van der Waals surface area (Å²) in [5, 5.41) is 2.53. The Bertz CT molecular complexity index is 680. The Hall–Kier alpha value is -2.35. The molecule has 0 saturated carbocycles. The molecule has 144 valence electrons. The van der Waals surface area contributed by atoms with Gasteiger partial charge in [0.1, 0.15) is 13.1 Å². The number of amides is 1. The summed E-state index contributed by atoms with van der Waals surface area (Å²) < 4.78 is 11.6. The van der Waals surface area contributed by atoms with Gasteiger partial charge in [-0.05, 0) is 32.9 Å². The number of carbonyl (C=O) groups is 2. The second kappa shape index (κ2) is 9.96. The molecule has 2 rings (SSSR count). The van der Waals surface area contributed by atoms with Gasteiger partial charge in [0.25, 0.3) is 0 Å². The Morgan fingerprint density at radius 1 is 1.23 bits per heavy atom. The van der Waals surface area contributed by atoms with Crippen molar-refractivity contribution >= 4 is 11.9 Å². The van der Waals surface area contributed by atoms with Crippen LogP contribution in [0.5, 0.6) is 5.75 Å². The van der Waals surface area contributed by atoms with Crippen molar-refractivity contribution in [3.63, 3.8) is 0 Å². The van der Waals surface area contributed by atoms with Gasteiger partial charge < -0.3 is 19.4 Å². The van der Waals surface area contributed by atoms with E-state index >= 15 is 0 Å². The molecule has 1 aliphatic rings. The standard InChI is InChI=1S/C18H27N3O5/c1-3-26-18(24)10-19-17(23)13-21-12-16(25-2)15(22)9-14(21)11-20-7-5-4-6-8-20/h9,12H,3-8,10-11,13H2,1-2H3,(H,19,23). The Balaban J connectivity index is 2.09. The molecule has 1 aromatic rings. The third-order valence-corrected chi connectivity index (χ3v) is 4.29. The molecule has 0 spiro atoms. The monoisotopic (exact) mass is 365 g/mol. The molecule has 0 unspecified atom stereocenters. The summed E-state index contributed by atoms with van der Waals surface area (Å²) in [6.07, 6.45) is 5.05. The van der Waals surface area contributed by atoms with Crippen LogP contribution in [-0.4, -0.2) is 54.7 Å². The number of nitrogens with zero attached hydrogens (tertiary/aromatic N) is 2. The number of carbonyl (C=O) groups excluding carboxylic acids is 2. The van der Waals surface area contributed by atoms with Crippen molar-refractivity contribution in [1.29, 1.82) is 0 Å². The van der Waals surface area contributed by atoms with E-state index in [0.29, 0.717) is 6.54 Å². The fourth-order valence-electron chi connectivity index (χ4n) is 2.97. The van der Waals surface area contributed by atoms with Gasteiger partial charge in [-0.2, -0.15) is 0 Å². The summed E-state index contributed by atoms with van der Waals surface area (Å²) in [4.78, 5) is 37.9. The van der Waals surface area contributed by atoms with Gasteiger partial charge in [-0.1, -0.05) is 6.42 Å². The molecule has 8 nitrogen and oxygen atoms in total. The summed E-state index contributed by atoms with van der Waals surface area (Å²) in [5.41, 5.74) is 0.548. The quantitative estimate of drug-likeness (QED) is 0.676. The minimum absolute atomic E-state index is 0.000775. The van der Waals surface area contributed by atoms with Gasteiger partial charge in [-0.25, -0.2) is 0 Å². The first kappa shape index (κ1) is 20.0. The first-order valence-electron chi connectivity index (χ1n) is 8.95. The van der Waals surface area contributed by atoms with Crippen molar-refractivity contribution in [2.24, 2.45) is 0 Å². The molecule has 1 N–H and O–H groups in total. The molecular formula is C18H27N3O5. The largest absolute Gasteiger partial charge is 0.491 e. The summed E-state index contributed by atoms with van der Waals surface area (Å²) >= 11 is 0. The van der Waals surface area contributed by atoms with Crippen molar-refractivity contribution in [3.05, 3.63) is 28.2 Å². The average Bonchev–Trinajstić information content (AvgIpc) is 2.63. The minimum atomic E-state index is -0.480. The summed E-state index contributed by atoms with van der Waals surface area (Å²) in [7, 11) is 1.42. The highest BCUT2D eigenvalue weighted by molar-refractivity contribution is 5.81. The molecule has 1 fully saturated rings. The molecule has 0 radical (unpaired) electrons. The zero-order valence-electron chi connectivity index (χ0n) is 15.5. The minimum Gasteiger partial charge on any atom is -0.491 e. The Morgan fingerprint density at radius 2 is 1.96 bits per heavy atom. The molecule has 2 heterocycles. The lowest BCUT2D eigenvalue weighted by Crippen LogP contribution is -2.35. The number of rotatable bonds is 8. The van der Waals surface area contributed by atoms with Crippen molar-refractivity contribution in [1.82, 2.24) is 14.8 Å². The lowest BCUT2D eigenvalue weighted by Gasteiger charge is -2.27. The summed E-state index contributed by atoms with van der Waals surface area (Å²) in [5.74, 6) is -0.624. The molecule has 1 amide bonds. The number of hydrogen-bond donors (Lipinski definition) is 1. The number of hydrogen-bond acceptors (Lipinski definition) is 6. The smallest absolute Gasteiger partial charge is 0.325 e. The fraction of sp³-hybridized carbons (Fsp3) is 0.611. The maximum absolute atomic E-state index is 12.2. The van der Waals surface area contributed by atoms with E-state index in [4.69, 9.17) is 9.47 Å². The average molecular weight is 365 g/mol. The van der Waals surface area contributed by atoms with Crippen LogP contribution < -0.4 is 15.5 Å². The maximum Gasteiger partial charge on any atom is 0.325 e. The molecule has 0 aromatic carbocycles. The van der Waals surface area contributed by atoms with E-state index in [1.165, 1.54) is 19.6 Å². The number of piperidine rings is 1. The van der Waals surface area contributed by atoms with Crippen LogP contribution in [0.2, 0.25) is 0 Å². The van der Waals surface area contributed by atoms with Crippen LogP contribution in [-0.2, 0) is 27.4 Å². The van der Waals surface area contributed by atoms with Gasteiger partial charge in [0.2, 0.25) is 11.3 Å². The van der Waals surface area contributed by atoms with Crippen LogP contribution >= 0.6 is 0 Å². The van der Waals surface area contributed by atoms with E-state index in [1.807, 2.05) is 0 Å². The number of pyridine rings is 1. The zero-order chi connectivity index (χ0) is 18.9. The van der Waals surface area contributed by atoms with Crippen LogP contribution in [0.3, 0.4) is 0 Å². The van der Waals surface area contributed by atoms with Crippen LogP contribution in [0, 0.1) is 0 Å². The van der Waals surface area contributed by atoms with Gasteiger partial charge in [-0.15, -0.1) is 0 Å². The predicted molar refractivity (Wildman–Crippen MR) is 96.0 cm³/mol. The van der Waals surface area contributed by atoms with Gasteiger partial charge in [0.05, 0.1) is 19.9 Å². The number of esters is 1. The number of aromatic nitrogens is 1. The van der Waals surface area contributed by atoms with Gasteiger partial charge in [0, 0.05) is 18.3 Å². The van der Waals surface area contributed by atoms with Crippen LogP contribution in [0.25, 0.3) is 0 Å². The Labute approximate surface area is 153 Å². The van der Waals surface area contributed by atoms with E-state index < -0.39 is 5.97 Å². The molecular weight excluding hydrogens is 338 g/mol. The normalized spacial score (nSPS) is 14.7.